The fourth-order valence-corrected chi connectivity index (χ4v) is 36.2. The van der Waals surface area contributed by atoms with Gasteiger partial charge in [0.2, 0.25) is 11.0 Å². The Morgan fingerprint density at radius 1 is 0.360 bits per heavy atom. The van der Waals surface area contributed by atoms with Gasteiger partial charge in [0.1, 0.15) is 18.3 Å². The molecule has 111 heavy (non-hydrogen) atoms. The van der Waals surface area contributed by atoms with Crippen molar-refractivity contribution in [1.82, 2.24) is 0 Å². The molecule has 0 amide bonds. The van der Waals surface area contributed by atoms with Gasteiger partial charge in [0.15, 0.2) is 0 Å². The number of allylic oxidation sites excluding steroid dienone is 3. The van der Waals surface area contributed by atoms with Gasteiger partial charge < -0.3 is 24.8 Å². The molecule has 1 N–H and O–H groups in total. The molecule has 15 aliphatic rings. The Morgan fingerprint density at radius 3 is 0.928 bits per heavy atom. The van der Waals surface area contributed by atoms with E-state index in [1.54, 1.807) is 20.8 Å². The monoisotopic (exact) mass is 1550 g/mol. The van der Waals surface area contributed by atoms with Gasteiger partial charge in [-0.1, -0.05) is 148 Å². The molecule has 15 saturated carbocycles. The summed E-state index contributed by atoms with van der Waals surface area (Å²) in [7, 11) is 0. The molecule has 13 heteroatoms. The average Bonchev–Trinajstić information content (AvgIpc) is 1.64. The fourth-order valence-electron chi connectivity index (χ4n) is 35.9. The Kier molecular flexibility index (Phi) is 22.4. The maximum Gasteiger partial charge on any atom is 0.323 e. The highest BCUT2D eigenvalue weighted by molar-refractivity contribution is 6.64. The van der Waals surface area contributed by atoms with Crippen molar-refractivity contribution in [3.63, 3.8) is 0 Å². The molecular weight excluding hydrogens is 1400 g/mol. The van der Waals surface area contributed by atoms with Gasteiger partial charge in [-0.3, -0.25) is 28.8 Å². The number of carboxylic acid groups (broad SMARTS) is 1. The molecule has 30 atom stereocenters. The smallest absolute Gasteiger partial charge is 0.323 e. The van der Waals surface area contributed by atoms with Crippen LogP contribution in [-0.2, 0) is 43.0 Å². The van der Waals surface area contributed by atoms with Crippen LogP contribution in [0.15, 0.2) is 36.5 Å². The predicted octanol–water partition coefficient (Wildman–Crippen LogP) is 24.1. The third kappa shape index (κ3) is 12.1. The van der Waals surface area contributed by atoms with Crippen LogP contribution in [0, 0.1) is 170 Å². The second kappa shape index (κ2) is 28.7. The number of ether oxygens (including phenoxy) is 3. The van der Waals surface area contributed by atoms with Gasteiger partial charge in [-0.05, 0) is 363 Å². The van der Waals surface area contributed by atoms with Crippen molar-refractivity contribution < 1.29 is 52.9 Å². The van der Waals surface area contributed by atoms with Crippen LogP contribution in [0.5, 0.6) is 0 Å². The SMILES string of the molecule is C.C=C(C)[C@@H]1CC[C@]2(C(=O)C=[N+]=[N-])CC[C@]3(C)C(CCC4[C@@]5(C)CC[C@H](OC(C)=O)C(C)(C)C5CC[C@]43C)C12.C=C(C)[C@@H]1CC[C@]2(C(=O)Cl)CC[C@]3(C)C(CCC4[C@@]5(C)CC[C@H](OC(C)=O)C(C)(C)C5CC[C@]43C)C12.C=C(C)[C@@H]1CC[C@]2(C(=O)O)CC[C@]3(C)C(CCC4[C@@]5(C)CC[C@H](OC(C)=O)C(C)(C)C5CC[C@]43C)C12. The molecule has 15 aliphatic carbocycles. The normalized spacial score (nSPS) is 49.9. The summed E-state index contributed by atoms with van der Waals surface area (Å²) in [5.41, 5.74) is 13.4. The van der Waals surface area contributed by atoms with E-state index >= 15 is 0 Å². The van der Waals surface area contributed by atoms with E-state index < -0.39 is 16.8 Å². The molecule has 0 bridgehead atoms. The van der Waals surface area contributed by atoms with Gasteiger partial charge in [0.25, 0.3) is 0 Å². The lowest BCUT2D eigenvalue weighted by molar-refractivity contribution is -0.250. The number of Topliss-reactive ketones (excluding diaryl/α,β-unsaturated/α-hetero) is 1. The van der Waals surface area contributed by atoms with Crippen molar-refractivity contribution in [2.45, 2.75) is 364 Å². The lowest BCUT2D eigenvalue weighted by Crippen LogP contribution is -2.67. The number of esters is 3. The second-order valence-electron chi connectivity index (χ2n) is 45.6. The first-order valence-electron chi connectivity index (χ1n) is 44.6. The van der Waals surface area contributed by atoms with E-state index in [-0.39, 0.29) is 137 Å². The molecule has 0 heterocycles. The van der Waals surface area contributed by atoms with Gasteiger partial charge in [-0.15, -0.1) is 0 Å². The molecule has 622 valence electrons. The van der Waals surface area contributed by atoms with Crippen LogP contribution in [0.1, 0.15) is 345 Å². The van der Waals surface area contributed by atoms with Gasteiger partial charge in [-0.2, -0.15) is 4.79 Å². The minimum absolute atomic E-state index is 0. The molecule has 15 fully saturated rings. The van der Waals surface area contributed by atoms with Crippen molar-refractivity contribution >= 4 is 52.7 Å². The lowest BCUT2D eigenvalue weighted by Gasteiger charge is -2.72. The Balaban J connectivity index is 0.000000154. The highest BCUT2D eigenvalue weighted by atomic mass is 35.5. The summed E-state index contributed by atoms with van der Waals surface area (Å²) >= 11 is 6.46. The van der Waals surface area contributed by atoms with E-state index in [1.807, 2.05) is 0 Å². The number of halogens is 1. The van der Waals surface area contributed by atoms with E-state index in [0.29, 0.717) is 76.9 Å². The second-order valence-corrected chi connectivity index (χ2v) is 45.9. The van der Waals surface area contributed by atoms with Crippen molar-refractivity contribution in [2.75, 3.05) is 0 Å². The van der Waals surface area contributed by atoms with Crippen LogP contribution in [0.2, 0.25) is 0 Å². The zero-order chi connectivity index (χ0) is 80.8. The van der Waals surface area contributed by atoms with E-state index in [0.717, 1.165) is 128 Å². The number of carboxylic acids is 1. The number of carbonyl (C=O) groups is 6. The van der Waals surface area contributed by atoms with Crippen LogP contribution >= 0.6 is 11.6 Å². The standard InChI is InChI=1S/C33H50N2O3.C32H49ClO3.C32H50O4.CH4/c1-20(2)22-11-16-33(26(37)19-35-34)18-17-31(7)23(28(22)33)9-10-25-30(6)14-13-27(38-21(3)36)29(4,5)24(30)12-15-32(25,31)8;1-19(2)21-11-16-32(27(33)35)18-17-30(7)22(26(21)32)9-10-24-29(6)14-13-25(36-20(3)34)28(4,5)23(29)12-15-31(24,30)8;1-19(2)21-11-16-32(27(34)35)18-17-30(7)22(26(21)32)9-10-24-29(6)14-13-25(36-20(3)33)28(4,5)23(29)12-15-31(24,30)8;/h19,22-25,27-28H,1,9-18H2,2-8H3;21-26H,1,9-18H2,2-8H3;21-26H,1,9-18H2,2-8H3,(H,34,35);1H4/t22-,23?,24?,25?,27-,28?,30-,31+,32+,33+;2*21-,22?,23?,24?,25-,26?,29-,30+,31+,32-;/m000./s1. The van der Waals surface area contributed by atoms with Gasteiger partial charge in [-0.25, -0.2) is 0 Å². The van der Waals surface area contributed by atoms with Crippen LogP contribution in [0.3, 0.4) is 0 Å². The highest BCUT2D eigenvalue weighted by Gasteiger charge is 2.77. The first-order chi connectivity index (χ1) is 51.0. The maximum absolute atomic E-state index is 13.6. The Labute approximate surface area is 677 Å². The minimum Gasteiger partial charge on any atom is -0.481 e. The number of fused-ring (bicyclic) bond motifs is 21. The molecule has 0 aliphatic heterocycles. The number of carbonyl (C=O) groups excluding carboxylic acids is 5. The van der Waals surface area contributed by atoms with Gasteiger partial charge in [0, 0.05) is 47.8 Å². The summed E-state index contributed by atoms with van der Waals surface area (Å²) < 4.78 is 17.7. The maximum atomic E-state index is 13.6. The number of hydrogen-bond acceptors (Lipinski definition) is 9. The molecule has 12 unspecified atom stereocenters. The zero-order valence-electron chi connectivity index (χ0n) is 72.7. The lowest BCUT2D eigenvalue weighted by atomic mass is 9.32. The number of rotatable bonds is 10. The molecule has 0 saturated heterocycles. The van der Waals surface area contributed by atoms with E-state index in [4.69, 9.17) is 25.8 Å². The van der Waals surface area contributed by atoms with E-state index in [2.05, 4.69) is 149 Å². The zero-order valence-corrected chi connectivity index (χ0v) is 73.5. The summed E-state index contributed by atoms with van der Waals surface area (Å²) in [4.78, 5) is 78.3. The predicted molar refractivity (Wildman–Crippen MR) is 443 cm³/mol. The van der Waals surface area contributed by atoms with Crippen LogP contribution in [0.25, 0.3) is 5.53 Å². The highest BCUT2D eigenvalue weighted by Crippen LogP contribution is 2.82. The summed E-state index contributed by atoms with van der Waals surface area (Å²) in [6, 6.07) is 0. The summed E-state index contributed by atoms with van der Waals surface area (Å²) in [6.45, 7) is 61.6. The van der Waals surface area contributed by atoms with Crippen molar-refractivity contribution in [1.29, 1.82) is 0 Å². The number of ketones is 1. The van der Waals surface area contributed by atoms with E-state index in [1.165, 1.54) is 87.1 Å². The first kappa shape index (κ1) is 86.5. The first-order valence-corrected chi connectivity index (χ1v) is 45.0. The Hall–Kier alpha value is -3.89. The summed E-state index contributed by atoms with van der Waals surface area (Å²) in [6.07, 6.45) is 33.4. The average molecular weight is 1550 g/mol. The Morgan fingerprint density at radius 2 is 0.640 bits per heavy atom. The largest absolute Gasteiger partial charge is 0.481 e. The van der Waals surface area contributed by atoms with Crippen LogP contribution < -0.4 is 0 Å². The molecule has 0 spiro atoms. The topological polar surface area (TPSA) is 187 Å². The number of hydrogen-bond donors (Lipinski definition) is 1. The molecule has 0 aromatic rings. The van der Waals surface area contributed by atoms with Crippen LogP contribution in [-0.4, -0.2) is 69.3 Å². The Bertz CT molecular complexity index is 3640. The summed E-state index contributed by atoms with van der Waals surface area (Å²) in [5.74, 6) is 6.01. The molecule has 0 aromatic heterocycles. The van der Waals surface area contributed by atoms with Crippen molar-refractivity contribution in [3.05, 3.63) is 42.0 Å². The van der Waals surface area contributed by atoms with E-state index in [9.17, 15) is 39.4 Å². The van der Waals surface area contributed by atoms with Gasteiger partial charge >= 0.3 is 30.1 Å². The molecule has 0 aromatic carbocycles. The molecular formula is C98H153ClN2O10. The van der Waals surface area contributed by atoms with Crippen molar-refractivity contribution in [2.24, 2.45) is 170 Å². The quantitative estimate of drug-likeness (QED) is 0.0419. The van der Waals surface area contributed by atoms with Crippen LogP contribution in [0.4, 0.5) is 0 Å². The number of aliphatic carboxylic acids is 1. The summed E-state index contributed by atoms with van der Waals surface area (Å²) in [5, 5.41) is 10.5. The molecule has 15 rings (SSSR count). The molecule has 0 radical (unpaired) electrons. The minimum atomic E-state index is -0.553. The number of nitrogens with zero attached hydrogens (tertiary/aromatic N) is 2. The third-order valence-corrected chi connectivity index (χ3v) is 41.8. The fraction of sp³-hybridized carbons (Fsp3) is 0.867. The van der Waals surface area contributed by atoms with Crippen molar-refractivity contribution in [3.8, 4) is 0 Å². The molecule has 12 nitrogen and oxygen atoms in total. The third-order valence-electron chi connectivity index (χ3n) is 41.4. The van der Waals surface area contributed by atoms with Gasteiger partial charge in [0.05, 0.1) is 5.41 Å².